The van der Waals surface area contributed by atoms with Crippen molar-refractivity contribution in [3.63, 3.8) is 0 Å². The van der Waals surface area contributed by atoms with Gasteiger partial charge in [0, 0.05) is 13.0 Å². The van der Waals surface area contributed by atoms with Crippen molar-refractivity contribution in [1.82, 2.24) is 4.90 Å². The molecule has 1 saturated carbocycles. The lowest BCUT2D eigenvalue weighted by molar-refractivity contribution is -0.155. The first-order valence-corrected chi connectivity index (χ1v) is 6.66. The highest BCUT2D eigenvalue weighted by Gasteiger charge is 2.44. The summed E-state index contributed by atoms with van der Waals surface area (Å²) in [4.78, 5) is 25.5. The molecule has 0 unspecified atom stereocenters. The predicted molar refractivity (Wildman–Crippen MR) is 65.1 cm³/mol. The van der Waals surface area contributed by atoms with E-state index in [4.69, 9.17) is 4.74 Å². The fraction of sp³-hybridized carbons (Fsp3) is 0.846. The van der Waals surface area contributed by atoms with Gasteiger partial charge in [0.25, 0.3) is 0 Å². The number of aliphatic carboxylic acids is 1. The average molecular weight is 255 g/mol. The third-order valence-electron chi connectivity index (χ3n) is 4.19. The van der Waals surface area contributed by atoms with Crippen LogP contribution in [-0.4, -0.2) is 47.7 Å². The second-order valence-corrected chi connectivity index (χ2v) is 5.48. The number of ether oxygens (including phenoxy) is 1. The Hall–Kier alpha value is -1.10. The largest absolute Gasteiger partial charge is 0.481 e. The molecule has 5 heteroatoms. The van der Waals surface area contributed by atoms with Gasteiger partial charge in [-0.15, -0.1) is 0 Å². The van der Waals surface area contributed by atoms with Crippen LogP contribution < -0.4 is 0 Å². The van der Waals surface area contributed by atoms with Crippen LogP contribution >= 0.6 is 0 Å². The predicted octanol–water partition coefficient (Wildman–Crippen LogP) is 1.27. The summed E-state index contributed by atoms with van der Waals surface area (Å²) < 4.78 is 5.29. The molecule has 0 aromatic heterocycles. The minimum atomic E-state index is -0.811. The summed E-state index contributed by atoms with van der Waals surface area (Å²) in [6.45, 7) is 3.62. The van der Waals surface area contributed by atoms with Gasteiger partial charge in [0.1, 0.15) is 0 Å². The fourth-order valence-electron chi connectivity index (χ4n) is 3.01. The standard InChI is InChI=1S/C13H21NO4/c1-10-9-18-7-6-14(10)11(15)8-13(12(16)17)4-2-3-5-13/h10H,2-9H2,1H3,(H,16,17)/t10-/m1/s1. The number of nitrogens with zero attached hydrogens (tertiary/aromatic N) is 1. The second-order valence-electron chi connectivity index (χ2n) is 5.48. The average Bonchev–Trinajstić information content (AvgIpc) is 2.79. The van der Waals surface area contributed by atoms with E-state index >= 15 is 0 Å². The van der Waals surface area contributed by atoms with Crippen LogP contribution in [0.3, 0.4) is 0 Å². The number of amides is 1. The molecule has 2 rings (SSSR count). The van der Waals surface area contributed by atoms with Crippen molar-refractivity contribution in [2.24, 2.45) is 5.41 Å². The Morgan fingerprint density at radius 1 is 1.39 bits per heavy atom. The molecule has 0 bridgehead atoms. The number of hydrogen-bond acceptors (Lipinski definition) is 3. The van der Waals surface area contributed by atoms with Crippen LogP contribution in [0.1, 0.15) is 39.0 Å². The van der Waals surface area contributed by atoms with Crippen molar-refractivity contribution >= 4 is 11.9 Å². The van der Waals surface area contributed by atoms with E-state index in [0.29, 0.717) is 32.6 Å². The van der Waals surface area contributed by atoms with Gasteiger partial charge in [-0.2, -0.15) is 0 Å². The van der Waals surface area contributed by atoms with Gasteiger partial charge in [0.05, 0.1) is 24.7 Å². The molecule has 102 valence electrons. The van der Waals surface area contributed by atoms with E-state index in [-0.39, 0.29) is 18.4 Å². The van der Waals surface area contributed by atoms with Crippen molar-refractivity contribution in [1.29, 1.82) is 0 Å². The van der Waals surface area contributed by atoms with E-state index in [1.807, 2.05) is 6.92 Å². The van der Waals surface area contributed by atoms with Crippen LogP contribution in [0.2, 0.25) is 0 Å². The summed E-state index contributed by atoms with van der Waals surface area (Å²) in [5.41, 5.74) is -0.810. The Morgan fingerprint density at radius 3 is 2.61 bits per heavy atom. The van der Waals surface area contributed by atoms with E-state index in [9.17, 15) is 14.7 Å². The Kier molecular flexibility index (Phi) is 3.90. The highest BCUT2D eigenvalue weighted by atomic mass is 16.5. The van der Waals surface area contributed by atoms with Crippen LogP contribution in [0, 0.1) is 5.41 Å². The number of hydrogen-bond donors (Lipinski definition) is 1. The maximum atomic E-state index is 12.3. The van der Waals surface area contributed by atoms with Gasteiger partial charge >= 0.3 is 5.97 Å². The van der Waals surface area contributed by atoms with Crippen LogP contribution in [0.5, 0.6) is 0 Å². The van der Waals surface area contributed by atoms with E-state index in [2.05, 4.69) is 0 Å². The molecule has 2 aliphatic rings. The Morgan fingerprint density at radius 2 is 2.06 bits per heavy atom. The second kappa shape index (κ2) is 5.26. The highest BCUT2D eigenvalue weighted by molar-refractivity contribution is 5.85. The van der Waals surface area contributed by atoms with E-state index < -0.39 is 11.4 Å². The van der Waals surface area contributed by atoms with Gasteiger partial charge < -0.3 is 14.7 Å². The first-order chi connectivity index (χ1) is 8.55. The number of carboxylic acid groups (broad SMARTS) is 1. The van der Waals surface area contributed by atoms with Gasteiger partial charge in [-0.3, -0.25) is 9.59 Å². The van der Waals surface area contributed by atoms with Crippen molar-refractivity contribution in [2.45, 2.75) is 45.1 Å². The first kappa shape index (κ1) is 13.3. The zero-order chi connectivity index (χ0) is 13.2. The number of carboxylic acids is 1. The Balaban J connectivity index is 2.03. The van der Waals surface area contributed by atoms with Crippen LogP contribution in [0.4, 0.5) is 0 Å². The quantitative estimate of drug-likeness (QED) is 0.824. The molecule has 0 spiro atoms. The zero-order valence-electron chi connectivity index (χ0n) is 10.9. The van der Waals surface area contributed by atoms with Crippen molar-refractivity contribution in [3.05, 3.63) is 0 Å². The van der Waals surface area contributed by atoms with Gasteiger partial charge in [-0.05, 0) is 19.8 Å². The van der Waals surface area contributed by atoms with Crippen LogP contribution in [0.15, 0.2) is 0 Å². The summed E-state index contributed by atoms with van der Waals surface area (Å²) in [5.74, 6) is -0.843. The highest BCUT2D eigenvalue weighted by Crippen LogP contribution is 2.41. The van der Waals surface area contributed by atoms with Crippen molar-refractivity contribution in [2.75, 3.05) is 19.8 Å². The fourth-order valence-corrected chi connectivity index (χ4v) is 3.01. The molecule has 2 fully saturated rings. The third-order valence-corrected chi connectivity index (χ3v) is 4.19. The van der Waals surface area contributed by atoms with Gasteiger partial charge in [-0.1, -0.05) is 12.8 Å². The van der Waals surface area contributed by atoms with Crippen molar-refractivity contribution < 1.29 is 19.4 Å². The zero-order valence-corrected chi connectivity index (χ0v) is 10.9. The molecule has 1 aliphatic heterocycles. The van der Waals surface area contributed by atoms with Crippen molar-refractivity contribution in [3.8, 4) is 0 Å². The van der Waals surface area contributed by atoms with E-state index in [1.165, 1.54) is 0 Å². The summed E-state index contributed by atoms with van der Waals surface area (Å²) >= 11 is 0. The monoisotopic (exact) mass is 255 g/mol. The normalized spacial score (nSPS) is 27.2. The number of carbonyl (C=O) groups is 2. The molecule has 1 saturated heterocycles. The number of carbonyl (C=O) groups excluding carboxylic acids is 1. The minimum absolute atomic E-state index is 0.0323. The van der Waals surface area contributed by atoms with Gasteiger partial charge in [0.2, 0.25) is 5.91 Å². The summed E-state index contributed by atoms with van der Waals surface area (Å²) in [6, 6.07) is 0.0542. The molecule has 0 aromatic carbocycles. The first-order valence-electron chi connectivity index (χ1n) is 6.66. The maximum Gasteiger partial charge on any atom is 0.310 e. The van der Waals surface area contributed by atoms with Crippen LogP contribution in [0.25, 0.3) is 0 Å². The third kappa shape index (κ3) is 2.51. The molecule has 1 atom stereocenters. The number of morpholine rings is 1. The molecule has 1 heterocycles. The lowest BCUT2D eigenvalue weighted by Crippen LogP contribution is -2.49. The molecular weight excluding hydrogens is 234 g/mol. The molecule has 0 radical (unpaired) electrons. The molecule has 18 heavy (non-hydrogen) atoms. The molecule has 1 amide bonds. The lowest BCUT2D eigenvalue weighted by Gasteiger charge is -2.35. The van der Waals surface area contributed by atoms with Crippen LogP contribution in [-0.2, 0) is 14.3 Å². The minimum Gasteiger partial charge on any atom is -0.481 e. The molecular formula is C13H21NO4. The molecule has 5 nitrogen and oxygen atoms in total. The molecule has 1 aliphatic carbocycles. The topological polar surface area (TPSA) is 66.8 Å². The van der Waals surface area contributed by atoms with Gasteiger partial charge in [-0.25, -0.2) is 0 Å². The van der Waals surface area contributed by atoms with E-state index in [0.717, 1.165) is 12.8 Å². The maximum absolute atomic E-state index is 12.3. The lowest BCUT2D eigenvalue weighted by atomic mass is 9.82. The Bertz CT molecular complexity index is 336. The smallest absolute Gasteiger partial charge is 0.310 e. The summed E-state index contributed by atoms with van der Waals surface area (Å²) in [6.07, 6.45) is 3.24. The summed E-state index contributed by atoms with van der Waals surface area (Å²) in [7, 11) is 0. The molecule has 1 N–H and O–H groups in total. The molecule has 0 aromatic rings. The number of rotatable bonds is 3. The Labute approximate surface area is 107 Å². The summed E-state index contributed by atoms with van der Waals surface area (Å²) in [5, 5.41) is 9.38. The van der Waals surface area contributed by atoms with E-state index in [1.54, 1.807) is 4.90 Å². The SMILES string of the molecule is C[C@@H]1COCCN1C(=O)CC1(C(=O)O)CCCC1. The van der Waals surface area contributed by atoms with Gasteiger partial charge in [0.15, 0.2) is 0 Å².